The number of hydrogen-bond donors (Lipinski definition) is 1. The third-order valence-corrected chi connectivity index (χ3v) is 3.81. The number of nitrogens with zero attached hydrogens (tertiary/aromatic N) is 3. The molecule has 5 nitrogen and oxygen atoms in total. The highest BCUT2D eigenvalue weighted by molar-refractivity contribution is 7.09. The molecule has 0 saturated heterocycles. The van der Waals surface area contributed by atoms with Crippen LogP contribution in [0.4, 0.5) is 5.82 Å². The molecule has 3 aromatic heterocycles. The average Bonchev–Trinajstić information content (AvgIpc) is 3.20. The van der Waals surface area contributed by atoms with E-state index in [0.29, 0.717) is 12.4 Å². The molecule has 0 radical (unpaired) electrons. The highest BCUT2D eigenvalue weighted by Gasteiger charge is 2.06. The summed E-state index contributed by atoms with van der Waals surface area (Å²) in [5, 5.41) is 9.08. The Morgan fingerprint density at radius 1 is 1.23 bits per heavy atom. The first-order valence-corrected chi connectivity index (χ1v) is 7.63. The maximum Gasteiger partial charge on any atom is 0.249 e. The molecule has 0 saturated carbocycles. The molecule has 3 rings (SSSR count). The van der Waals surface area contributed by atoms with E-state index in [0.717, 1.165) is 5.69 Å². The van der Waals surface area contributed by atoms with Gasteiger partial charge in [0.1, 0.15) is 5.82 Å². The summed E-state index contributed by atoms with van der Waals surface area (Å²) in [5.41, 5.74) is 0.741. The van der Waals surface area contributed by atoms with Gasteiger partial charge in [0.05, 0.1) is 18.4 Å². The van der Waals surface area contributed by atoms with Gasteiger partial charge in [-0.2, -0.15) is 5.10 Å². The summed E-state index contributed by atoms with van der Waals surface area (Å²) in [7, 11) is 0. The molecule has 0 bridgehead atoms. The Bertz CT molecular complexity index is 763. The second-order valence-electron chi connectivity index (χ2n) is 4.53. The Kier molecular flexibility index (Phi) is 4.41. The molecule has 0 aliphatic rings. The lowest BCUT2D eigenvalue weighted by Gasteiger charge is -2.06. The maximum absolute atomic E-state index is 12.0. The van der Waals surface area contributed by atoms with E-state index in [2.05, 4.69) is 15.4 Å². The Morgan fingerprint density at radius 3 is 2.95 bits per heavy atom. The third-order valence-electron chi connectivity index (χ3n) is 2.95. The van der Waals surface area contributed by atoms with Crippen LogP contribution in [0.3, 0.4) is 0 Å². The first-order chi connectivity index (χ1) is 10.8. The first kappa shape index (κ1) is 14.2. The molecule has 1 amide bonds. The summed E-state index contributed by atoms with van der Waals surface area (Å²) in [6.07, 6.45) is 6.50. The van der Waals surface area contributed by atoms with Gasteiger partial charge in [-0.15, -0.1) is 11.3 Å². The highest BCUT2D eigenvalue weighted by atomic mass is 32.1. The normalized spacial score (nSPS) is 10.9. The van der Waals surface area contributed by atoms with Gasteiger partial charge < -0.3 is 5.32 Å². The molecule has 1 N–H and O–H groups in total. The minimum atomic E-state index is -0.210. The number of amides is 1. The van der Waals surface area contributed by atoms with Crippen LogP contribution in [0.5, 0.6) is 0 Å². The molecule has 0 fully saturated rings. The van der Waals surface area contributed by atoms with E-state index in [1.165, 1.54) is 11.0 Å². The second-order valence-corrected chi connectivity index (χ2v) is 5.56. The number of aromatic nitrogens is 3. The van der Waals surface area contributed by atoms with Crippen LogP contribution in [-0.4, -0.2) is 20.7 Å². The van der Waals surface area contributed by atoms with Gasteiger partial charge in [0.15, 0.2) is 0 Å². The number of rotatable bonds is 5. The molecule has 0 unspecified atom stereocenters. The SMILES string of the molecule is O=C(/C=C/c1ccccn1)Nc1ccnn1Cc1cccs1. The highest BCUT2D eigenvalue weighted by Crippen LogP contribution is 2.14. The molecule has 0 aliphatic carbocycles. The zero-order chi connectivity index (χ0) is 15.2. The van der Waals surface area contributed by atoms with Crippen molar-refractivity contribution in [3.63, 3.8) is 0 Å². The van der Waals surface area contributed by atoms with Crippen LogP contribution in [0.1, 0.15) is 10.6 Å². The van der Waals surface area contributed by atoms with Crippen molar-refractivity contribution in [3.05, 3.63) is 70.8 Å². The summed E-state index contributed by atoms with van der Waals surface area (Å²) in [5.74, 6) is 0.461. The van der Waals surface area contributed by atoms with E-state index in [1.54, 1.807) is 40.6 Å². The van der Waals surface area contributed by atoms with Gasteiger partial charge in [-0.05, 0) is 29.7 Å². The molecule has 0 aliphatic heterocycles. The summed E-state index contributed by atoms with van der Waals surface area (Å²) >= 11 is 1.66. The number of thiophene rings is 1. The fourth-order valence-corrected chi connectivity index (χ4v) is 2.60. The number of hydrogen-bond acceptors (Lipinski definition) is 4. The first-order valence-electron chi connectivity index (χ1n) is 6.75. The van der Waals surface area contributed by atoms with Gasteiger partial charge in [-0.3, -0.25) is 9.78 Å². The van der Waals surface area contributed by atoms with Gasteiger partial charge in [-0.1, -0.05) is 12.1 Å². The molecule has 110 valence electrons. The van der Waals surface area contributed by atoms with Crippen molar-refractivity contribution in [1.82, 2.24) is 14.8 Å². The van der Waals surface area contributed by atoms with Crippen molar-refractivity contribution in [2.24, 2.45) is 0 Å². The van der Waals surface area contributed by atoms with Crippen molar-refractivity contribution in [1.29, 1.82) is 0 Å². The summed E-state index contributed by atoms with van der Waals surface area (Å²) in [6, 6.07) is 11.4. The van der Waals surface area contributed by atoms with Crippen LogP contribution in [-0.2, 0) is 11.3 Å². The minimum absolute atomic E-state index is 0.210. The summed E-state index contributed by atoms with van der Waals surface area (Å²) < 4.78 is 1.76. The van der Waals surface area contributed by atoms with Crippen molar-refractivity contribution < 1.29 is 4.79 Å². The van der Waals surface area contributed by atoms with Crippen molar-refractivity contribution in [2.75, 3.05) is 5.32 Å². The van der Waals surface area contributed by atoms with Crippen molar-refractivity contribution in [2.45, 2.75) is 6.54 Å². The number of carbonyl (C=O) groups excluding carboxylic acids is 1. The standard InChI is InChI=1S/C16H14N4OS/c21-16(7-6-13-4-1-2-9-17-13)19-15-8-10-18-20(15)12-14-5-3-11-22-14/h1-11H,12H2,(H,19,21)/b7-6+. The largest absolute Gasteiger partial charge is 0.307 e. The van der Waals surface area contributed by atoms with Gasteiger partial charge in [-0.25, -0.2) is 4.68 Å². The lowest BCUT2D eigenvalue weighted by atomic mass is 10.3. The maximum atomic E-state index is 12.0. The predicted octanol–water partition coefficient (Wildman–Crippen LogP) is 3.04. The van der Waals surface area contributed by atoms with Crippen LogP contribution in [0.25, 0.3) is 6.08 Å². The second kappa shape index (κ2) is 6.82. The fourth-order valence-electron chi connectivity index (χ4n) is 1.92. The minimum Gasteiger partial charge on any atom is -0.307 e. The molecule has 3 aromatic rings. The fraction of sp³-hybridized carbons (Fsp3) is 0.0625. The Balaban J connectivity index is 1.65. The molecule has 6 heteroatoms. The van der Waals surface area contributed by atoms with Crippen LogP contribution < -0.4 is 5.32 Å². The quantitative estimate of drug-likeness (QED) is 0.737. The van der Waals surface area contributed by atoms with Gasteiger partial charge in [0.25, 0.3) is 0 Å². The van der Waals surface area contributed by atoms with Crippen molar-refractivity contribution in [3.8, 4) is 0 Å². The Labute approximate surface area is 131 Å². The van der Waals surface area contributed by atoms with E-state index >= 15 is 0 Å². The monoisotopic (exact) mass is 310 g/mol. The van der Waals surface area contributed by atoms with E-state index in [-0.39, 0.29) is 5.91 Å². The molecule has 3 heterocycles. The lowest BCUT2D eigenvalue weighted by Crippen LogP contribution is -2.13. The lowest BCUT2D eigenvalue weighted by molar-refractivity contribution is -0.111. The topological polar surface area (TPSA) is 59.8 Å². The average molecular weight is 310 g/mol. The Morgan fingerprint density at radius 2 is 2.18 bits per heavy atom. The molecular weight excluding hydrogens is 296 g/mol. The molecule has 0 spiro atoms. The number of carbonyl (C=O) groups is 1. The van der Waals surface area contributed by atoms with E-state index in [9.17, 15) is 4.79 Å². The Hall–Kier alpha value is -2.73. The van der Waals surface area contributed by atoms with E-state index in [1.807, 2.05) is 35.7 Å². The molecular formula is C16H14N4OS. The van der Waals surface area contributed by atoms with Gasteiger partial charge in [0.2, 0.25) is 5.91 Å². The zero-order valence-electron chi connectivity index (χ0n) is 11.7. The van der Waals surface area contributed by atoms with Crippen molar-refractivity contribution >= 4 is 29.1 Å². The zero-order valence-corrected chi connectivity index (χ0v) is 12.5. The van der Waals surface area contributed by atoms with Crippen LogP contribution in [0, 0.1) is 0 Å². The summed E-state index contributed by atoms with van der Waals surface area (Å²) in [4.78, 5) is 17.3. The van der Waals surface area contributed by atoms with E-state index in [4.69, 9.17) is 0 Å². The molecule has 0 aromatic carbocycles. The number of nitrogens with one attached hydrogen (secondary N) is 1. The molecule has 22 heavy (non-hydrogen) atoms. The number of pyridine rings is 1. The number of anilines is 1. The van der Waals surface area contributed by atoms with Crippen LogP contribution in [0.2, 0.25) is 0 Å². The van der Waals surface area contributed by atoms with Gasteiger partial charge >= 0.3 is 0 Å². The summed E-state index contributed by atoms with van der Waals surface area (Å²) in [6.45, 7) is 0.643. The third kappa shape index (κ3) is 3.67. The molecule has 0 atom stereocenters. The van der Waals surface area contributed by atoms with Crippen LogP contribution >= 0.6 is 11.3 Å². The van der Waals surface area contributed by atoms with E-state index < -0.39 is 0 Å². The predicted molar refractivity (Wildman–Crippen MR) is 87.5 cm³/mol. The smallest absolute Gasteiger partial charge is 0.249 e. The van der Waals surface area contributed by atoms with Gasteiger partial charge in [0, 0.05) is 23.2 Å². The van der Waals surface area contributed by atoms with Crippen LogP contribution in [0.15, 0.2) is 60.2 Å².